The molecule has 0 heterocycles. The third-order valence-corrected chi connectivity index (χ3v) is 5.70. The molecule has 0 saturated heterocycles. The van der Waals surface area contributed by atoms with Crippen LogP contribution in [0.3, 0.4) is 0 Å². The van der Waals surface area contributed by atoms with E-state index in [1.54, 1.807) is 39.0 Å². The molecule has 3 N–H and O–H groups in total. The molecule has 0 spiro atoms. The minimum Gasteiger partial charge on any atom is -0.492 e. The smallest absolute Gasteiger partial charge is 0.170 e. The van der Waals surface area contributed by atoms with Gasteiger partial charge < -0.3 is 15.7 Å². The quantitative estimate of drug-likeness (QED) is 0.372. The molecular weight excluding hydrogens is 292 g/mol. The SMILES string of the molecule is Cc1ccc(/C(N)=N/O)cc1OCCS(=O)(=O)C(C)(C)C. The van der Waals surface area contributed by atoms with Crippen molar-refractivity contribution >= 4 is 15.7 Å². The molecule has 0 unspecified atom stereocenters. The summed E-state index contributed by atoms with van der Waals surface area (Å²) in [5.74, 6) is 0.425. The van der Waals surface area contributed by atoms with Gasteiger partial charge in [-0.2, -0.15) is 0 Å². The van der Waals surface area contributed by atoms with Crippen LogP contribution in [0.2, 0.25) is 0 Å². The van der Waals surface area contributed by atoms with Crippen LogP contribution in [-0.4, -0.2) is 36.6 Å². The number of rotatable bonds is 5. The van der Waals surface area contributed by atoms with Gasteiger partial charge in [-0.05, 0) is 39.3 Å². The van der Waals surface area contributed by atoms with Crippen molar-refractivity contribution < 1.29 is 18.4 Å². The molecule has 0 aromatic heterocycles. The number of aryl methyl sites for hydroxylation is 1. The van der Waals surface area contributed by atoms with Crippen molar-refractivity contribution in [2.75, 3.05) is 12.4 Å². The number of ether oxygens (including phenoxy) is 1. The first-order chi connectivity index (χ1) is 9.58. The van der Waals surface area contributed by atoms with Gasteiger partial charge >= 0.3 is 0 Å². The van der Waals surface area contributed by atoms with Crippen LogP contribution in [0.1, 0.15) is 31.9 Å². The lowest BCUT2D eigenvalue weighted by Crippen LogP contribution is -2.32. The summed E-state index contributed by atoms with van der Waals surface area (Å²) in [5.41, 5.74) is 6.87. The normalized spacial score (nSPS) is 13.2. The van der Waals surface area contributed by atoms with Crippen LogP contribution in [0, 0.1) is 6.92 Å². The molecular formula is C14H22N2O4S. The fourth-order valence-electron chi connectivity index (χ4n) is 1.54. The van der Waals surface area contributed by atoms with Gasteiger partial charge in [0, 0.05) is 5.56 Å². The van der Waals surface area contributed by atoms with Crippen LogP contribution in [-0.2, 0) is 9.84 Å². The Hall–Kier alpha value is -1.76. The highest BCUT2D eigenvalue weighted by Crippen LogP contribution is 2.21. The van der Waals surface area contributed by atoms with Crippen molar-refractivity contribution in [1.82, 2.24) is 0 Å². The molecule has 0 aliphatic carbocycles. The molecule has 1 rings (SSSR count). The Bertz CT molecular complexity index is 631. The molecule has 0 amide bonds. The van der Waals surface area contributed by atoms with Gasteiger partial charge in [-0.15, -0.1) is 0 Å². The van der Waals surface area contributed by atoms with Gasteiger partial charge in [-0.1, -0.05) is 17.3 Å². The molecule has 6 nitrogen and oxygen atoms in total. The number of amidine groups is 1. The number of nitrogens with zero attached hydrogens (tertiary/aromatic N) is 1. The van der Waals surface area contributed by atoms with Crippen LogP contribution >= 0.6 is 0 Å². The summed E-state index contributed by atoms with van der Waals surface area (Å²) in [5, 5.41) is 11.6. The van der Waals surface area contributed by atoms with Crippen molar-refractivity contribution in [2.45, 2.75) is 32.4 Å². The van der Waals surface area contributed by atoms with Crippen LogP contribution in [0.25, 0.3) is 0 Å². The van der Waals surface area contributed by atoms with Gasteiger partial charge in [0.2, 0.25) is 0 Å². The standard InChI is InChI=1S/C14H22N2O4S/c1-10-5-6-11(13(15)16-17)9-12(10)20-7-8-21(18,19)14(2,3)4/h5-6,9,17H,7-8H2,1-4H3,(H2,15,16). The molecule has 0 aliphatic heterocycles. The number of sulfone groups is 1. The van der Waals surface area contributed by atoms with E-state index in [0.717, 1.165) is 5.56 Å². The molecule has 1 aromatic rings. The molecule has 0 fully saturated rings. The first kappa shape index (κ1) is 17.3. The zero-order chi connectivity index (χ0) is 16.3. The van der Waals surface area contributed by atoms with Gasteiger partial charge in [0.1, 0.15) is 12.4 Å². The summed E-state index contributed by atoms with van der Waals surface area (Å²) in [6.07, 6.45) is 0. The van der Waals surface area contributed by atoms with E-state index in [0.29, 0.717) is 11.3 Å². The first-order valence-electron chi connectivity index (χ1n) is 6.52. The second-order valence-electron chi connectivity index (χ2n) is 5.75. The second-order valence-corrected chi connectivity index (χ2v) is 8.61. The van der Waals surface area contributed by atoms with Gasteiger partial charge in [0.25, 0.3) is 0 Å². The highest BCUT2D eigenvalue weighted by atomic mass is 32.2. The molecule has 118 valence electrons. The number of hydrogen-bond acceptors (Lipinski definition) is 5. The summed E-state index contributed by atoms with van der Waals surface area (Å²) in [6.45, 7) is 6.87. The van der Waals surface area contributed by atoms with Crippen molar-refractivity contribution in [3.05, 3.63) is 29.3 Å². The number of oxime groups is 1. The van der Waals surface area contributed by atoms with Gasteiger partial charge in [0.05, 0.1) is 10.5 Å². The second kappa shape index (κ2) is 6.34. The number of nitrogens with two attached hydrogens (primary N) is 1. The van der Waals surface area contributed by atoms with Gasteiger partial charge in [-0.3, -0.25) is 0 Å². The molecule has 7 heteroatoms. The van der Waals surface area contributed by atoms with E-state index in [-0.39, 0.29) is 18.2 Å². The Kier molecular flexibility index (Phi) is 5.22. The Balaban J connectivity index is 2.81. The predicted octanol–water partition coefficient (Wildman–Crippen LogP) is 1.68. The zero-order valence-electron chi connectivity index (χ0n) is 12.8. The van der Waals surface area contributed by atoms with E-state index in [1.165, 1.54) is 0 Å². The van der Waals surface area contributed by atoms with Crippen molar-refractivity contribution in [3.63, 3.8) is 0 Å². The molecule has 0 radical (unpaired) electrons. The van der Waals surface area contributed by atoms with Crippen LogP contribution in [0.15, 0.2) is 23.4 Å². The van der Waals surface area contributed by atoms with E-state index in [2.05, 4.69) is 5.16 Å². The predicted molar refractivity (Wildman–Crippen MR) is 82.7 cm³/mol. The molecule has 0 atom stereocenters. The minimum absolute atomic E-state index is 0.0258. The lowest BCUT2D eigenvalue weighted by atomic mass is 10.1. The van der Waals surface area contributed by atoms with E-state index in [9.17, 15) is 8.42 Å². The average molecular weight is 314 g/mol. The Labute approximate surface area is 125 Å². The molecule has 1 aromatic carbocycles. The van der Waals surface area contributed by atoms with E-state index in [4.69, 9.17) is 15.7 Å². The third-order valence-electron chi connectivity index (χ3n) is 3.13. The van der Waals surface area contributed by atoms with Crippen LogP contribution < -0.4 is 10.5 Å². The van der Waals surface area contributed by atoms with Crippen molar-refractivity contribution in [3.8, 4) is 5.75 Å². The Morgan fingerprint density at radius 2 is 2.00 bits per heavy atom. The van der Waals surface area contributed by atoms with Gasteiger partial charge in [-0.25, -0.2) is 8.42 Å². The number of hydrogen-bond donors (Lipinski definition) is 2. The van der Waals surface area contributed by atoms with Crippen LogP contribution in [0.5, 0.6) is 5.75 Å². The molecule has 21 heavy (non-hydrogen) atoms. The lowest BCUT2D eigenvalue weighted by molar-refractivity contribution is 0.318. The van der Waals surface area contributed by atoms with Crippen molar-refractivity contribution in [2.24, 2.45) is 10.9 Å². The Morgan fingerprint density at radius 1 is 1.38 bits per heavy atom. The zero-order valence-corrected chi connectivity index (χ0v) is 13.6. The maximum atomic E-state index is 12.0. The maximum absolute atomic E-state index is 12.0. The highest BCUT2D eigenvalue weighted by Gasteiger charge is 2.28. The maximum Gasteiger partial charge on any atom is 0.170 e. The number of benzene rings is 1. The van der Waals surface area contributed by atoms with Crippen molar-refractivity contribution in [1.29, 1.82) is 0 Å². The van der Waals surface area contributed by atoms with Crippen LogP contribution in [0.4, 0.5) is 0 Å². The summed E-state index contributed by atoms with van der Waals surface area (Å²) < 4.78 is 28.7. The minimum atomic E-state index is -3.23. The first-order valence-corrected chi connectivity index (χ1v) is 8.17. The van der Waals surface area contributed by atoms with E-state index < -0.39 is 14.6 Å². The average Bonchev–Trinajstić information content (AvgIpc) is 2.38. The summed E-state index contributed by atoms with van der Waals surface area (Å²) in [4.78, 5) is 0. The molecule has 0 aliphatic rings. The fraction of sp³-hybridized carbons (Fsp3) is 0.500. The summed E-state index contributed by atoms with van der Waals surface area (Å²) >= 11 is 0. The largest absolute Gasteiger partial charge is 0.492 e. The Morgan fingerprint density at radius 3 is 2.52 bits per heavy atom. The monoisotopic (exact) mass is 314 g/mol. The fourth-order valence-corrected chi connectivity index (χ4v) is 2.46. The third kappa shape index (κ3) is 4.35. The lowest BCUT2D eigenvalue weighted by Gasteiger charge is -2.19. The molecule has 0 bridgehead atoms. The topological polar surface area (TPSA) is 102 Å². The van der Waals surface area contributed by atoms with E-state index in [1.807, 2.05) is 6.92 Å². The van der Waals surface area contributed by atoms with Gasteiger partial charge in [0.15, 0.2) is 15.7 Å². The summed E-state index contributed by atoms with van der Waals surface area (Å²) in [7, 11) is -3.23. The summed E-state index contributed by atoms with van der Waals surface area (Å²) in [6, 6.07) is 5.08. The molecule has 0 saturated carbocycles. The highest BCUT2D eigenvalue weighted by molar-refractivity contribution is 7.92. The van der Waals surface area contributed by atoms with E-state index >= 15 is 0 Å².